The van der Waals surface area contributed by atoms with Gasteiger partial charge in [-0.05, 0) is 41.0 Å². The molecule has 0 spiro atoms. The summed E-state index contributed by atoms with van der Waals surface area (Å²) in [6.45, 7) is 1.11. The van der Waals surface area contributed by atoms with Gasteiger partial charge in [-0.1, -0.05) is 54.6 Å². The number of amides is 3. The maximum atomic E-state index is 13.3. The van der Waals surface area contributed by atoms with Gasteiger partial charge in [-0.15, -0.1) is 0 Å². The Balaban J connectivity index is 1.69. The van der Waals surface area contributed by atoms with Crippen molar-refractivity contribution in [2.24, 2.45) is 0 Å². The van der Waals surface area contributed by atoms with Gasteiger partial charge in [-0.2, -0.15) is 13.2 Å². The molecule has 7 heteroatoms. The van der Waals surface area contributed by atoms with Crippen LogP contribution in [0.15, 0.2) is 66.7 Å². The molecular formula is C22H17F3N2O2. The molecule has 3 amide bonds. The monoisotopic (exact) mass is 398 g/mol. The highest BCUT2D eigenvalue weighted by Gasteiger charge is 2.49. The van der Waals surface area contributed by atoms with Gasteiger partial charge in [0.05, 0.1) is 12.1 Å². The molecule has 1 heterocycles. The maximum Gasteiger partial charge on any atom is 0.416 e. The summed E-state index contributed by atoms with van der Waals surface area (Å²) in [5, 5.41) is 4.52. The number of rotatable bonds is 3. The molecule has 1 fully saturated rings. The summed E-state index contributed by atoms with van der Waals surface area (Å²) in [6.07, 6.45) is -4.57. The predicted octanol–water partition coefficient (Wildman–Crippen LogP) is 4.83. The Morgan fingerprint density at radius 2 is 1.59 bits per heavy atom. The molecule has 0 radical (unpaired) electrons. The van der Waals surface area contributed by atoms with Crippen molar-refractivity contribution >= 4 is 22.7 Å². The summed E-state index contributed by atoms with van der Waals surface area (Å²) in [5.74, 6) is -0.588. The molecule has 0 aromatic heterocycles. The second kappa shape index (κ2) is 6.62. The highest BCUT2D eigenvalue weighted by molar-refractivity contribution is 6.07. The molecule has 3 aromatic rings. The molecular weight excluding hydrogens is 381 g/mol. The van der Waals surface area contributed by atoms with Crippen LogP contribution < -0.4 is 5.32 Å². The number of hydrogen-bond acceptors (Lipinski definition) is 2. The average molecular weight is 398 g/mol. The van der Waals surface area contributed by atoms with E-state index in [1.165, 1.54) is 18.2 Å². The lowest BCUT2D eigenvalue weighted by molar-refractivity contribution is -0.139. The smallest absolute Gasteiger partial charge is 0.319 e. The zero-order valence-electron chi connectivity index (χ0n) is 15.5. The first-order chi connectivity index (χ1) is 13.7. The number of hydrogen-bond donors (Lipinski definition) is 1. The van der Waals surface area contributed by atoms with Crippen LogP contribution in [-0.2, 0) is 23.1 Å². The first-order valence-electron chi connectivity index (χ1n) is 8.98. The standard InChI is InChI=1S/C22H17F3N2O2/c1-21(17-11-10-14-6-2-3-7-15(14)12-17)19(28)27(20(29)26-21)13-16-8-4-5-9-18(16)22(23,24)25/h2-12H,13H2,1H3,(H,26,29)/t21-/m0/s1. The van der Waals surface area contributed by atoms with Crippen molar-refractivity contribution in [3.05, 3.63) is 83.4 Å². The third-order valence-corrected chi connectivity index (χ3v) is 5.25. The van der Waals surface area contributed by atoms with Crippen molar-refractivity contribution in [3.8, 4) is 0 Å². The molecule has 29 heavy (non-hydrogen) atoms. The molecule has 1 saturated heterocycles. The quantitative estimate of drug-likeness (QED) is 0.643. The molecule has 3 aromatic carbocycles. The molecule has 1 N–H and O–H groups in total. The Morgan fingerprint density at radius 1 is 0.931 bits per heavy atom. The lowest BCUT2D eigenvalue weighted by Gasteiger charge is -2.23. The number of urea groups is 1. The normalized spacial score (nSPS) is 19.7. The Labute approximate surface area is 164 Å². The van der Waals surface area contributed by atoms with Gasteiger partial charge in [0, 0.05) is 0 Å². The topological polar surface area (TPSA) is 49.4 Å². The van der Waals surface area contributed by atoms with Gasteiger partial charge in [0.1, 0.15) is 5.54 Å². The van der Waals surface area contributed by atoms with E-state index in [0.29, 0.717) is 5.56 Å². The minimum atomic E-state index is -4.57. The minimum absolute atomic E-state index is 0.133. The number of nitrogens with zero attached hydrogens (tertiary/aromatic N) is 1. The number of carbonyl (C=O) groups is 2. The van der Waals surface area contributed by atoms with Crippen LogP contribution in [0.4, 0.5) is 18.0 Å². The Bertz CT molecular complexity index is 1130. The van der Waals surface area contributed by atoms with Crippen molar-refractivity contribution in [3.63, 3.8) is 0 Å². The van der Waals surface area contributed by atoms with Crippen LogP contribution in [0.1, 0.15) is 23.6 Å². The van der Waals surface area contributed by atoms with Crippen LogP contribution in [0.25, 0.3) is 10.8 Å². The van der Waals surface area contributed by atoms with E-state index in [-0.39, 0.29) is 5.56 Å². The van der Waals surface area contributed by atoms with E-state index in [1.807, 2.05) is 30.3 Å². The number of carbonyl (C=O) groups excluding carboxylic acids is 2. The minimum Gasteiger partial charge on any atom is -0.319 e. The second-order valence-electron chi connectivity index (χ2n) is 7.16. The first-order valence-corrected chi connectivity index (χ1v) is 8.98. The van der Waals surface area contributed by atoms with E-state index in [2.05, 4.69) is 5.32 Å². The van der Waals surface area contributed by atoms with E-state index in [4.69, 9.17) is 0 Å². The fourth-order valence-electron chi connectivity index (χ4n) is 3.64. The van der Waals surface area contributed by atoms with Gasteiger partial charge >= 0.3 is 12.2 Å². The van der Waals surface area contributed by atoms with Gasteiger partial charge < -0.3 is 5.32 Å². The SMILES string of the molecule is C[C@@]1(c2ccc3ccccc3c2)NC(=O)N(Cc2ccccc2C(F)(F)F)C1=O. The number of fused-ring (bicyclic) bond motifs is 1. The molecule has 4 nitrogen and oxygen atoms in total. The van der Waals surface area contributed by atoms with Crippen LogP contribution in [0.3, 0.4) is 0 Å². The fourth-order valence-corrected chi connectivity index (χ4v) is 3.64. The Kier molecular flexibility index (Phi) is 4.33. The van der Waals surface area contributed by atoms with Gasteiger partial charge in [-0.25, -0.2) is 4.79 Å². The summed E-state index contributed by atoms with van der Waals surface area (Å²) in [4.78, 5) is 26.4. The molecule has 148 valence electrons. The largest absolute Gasteiger partial charge is 0.416 e. The Morgan fingerprint density at radius 3 is 2.31 bits per heavy atom. The van der Waals surface area contributed by atoms with Crippen molar-refractivity contribution < 1.29 is 22.8 Å². The number of imide groups is 1. The number of nitrogens with one attached hydrogen (secondary N) is 1. The third kappa shape index (κ3) is 3.22. The van der Waals surface area contributed by atoms with Crippen LogP contribution in [0, 0.1) is 0 Å². The zero-order chi connectivity index (χ0) is 20.8. The van der Waals surface area contributed by atoms with Crippen molar-refractivity contribution in [2.75, 3.05) is 0 Å². The molecule has 1 atom stereocenters. The molecule has 0 unspecified atom stereocenters. The van der Waals surface area contributed by atoms with Crippen molar-refractivity contribution in [2.45, 2.75) is 25.2 Å². The lowest BCUT2D eigenvalue weighted by atomic mass is 9.90. The number of alkyl halides is 3. The van der Waals surface area contributed by atoms with E-state index in [0.717, 1.165) is 21.7 Å². The van der Waals surface area contributed by atoms with Crippen LogP contribution in [0.5, 0.6) is 0 Å². The first kappa shape index (κ1) is 19.0. The van der Waals surface area contributed by atoms with E-state index in [1.54, 1.807) is 19.1 Å². The summed E-state index contributed by atoms with van der Waals surface area (Å²) >= 11 is 0. The molecule has 4 rings (SSSR count). The number of halogens is 3. The molecule has 0 bridgehead atoms. The molecule has 0 aliphatic carbocycles. The third-order valence-electron chi connectivity index (χ3n) is 5.25. The summed E-state index contributed by atoms with van der Waals surface area (Å²) in [6, 6.07) is 17.2. The van der Waals surface area contributed by atoms with Crippen LogP contribution in [-0.4, -0.2) is 16.8 Å². The average Bonchev–Trinajstić information content (AvgIpc) is 2.91. The van der Waals surface area contributed by atoms with Gasteiger partial charge in [0.2, 0.25) is 0 Å². The number of benzene rings is 3. The predicted molar refractivity (Wildman–Crippen MR) is 102 cm³/mol. The van der Waals surface area contributed by atoms with E-state index >= 15 is 0 Å². The highest BCUT2D eigenvalue weighted by atomic mass is 19.4. The fraction of sp³-hybridized carbons (Fsp3) is 0.182. The lowest BCUT2D eigenvalue weighted by Crippen LogP contribution is -2.40. The van der Waals surface area contributed by atoms with Crippen LogP contribution >= 0.6 is 0 Å². The van der Waals surface area contributed by atoms with Gasteiger partial charge in [-0.3, -0.25) is 9.69 Å². The highest BCUT2D eigenvalue weighted by Crippen LogP contribution is 2.35. The summed E-state index contributed by atoms with van der Waals surface area (Å²) < 4.78 is 39.8. The van der Waals surface area contributed by atoms with E-state index in [9.17, 15) is 22.8 Å². The van der Waals surface area contributed by atoms with Gasteiger partial charge in [0.15, 0.2) is 0 Å². The maximum absolute atomic E-state index is 13.3. The second-order valence-corrected chi connectivity index (χ2v) is 7.16. The summed E-state index contributed by atoms with van der Waals surface area (Å²) in [5.41, 5.74) is -1.78. The van der Waals surface area contributed by atoms with E-state index < -0.39 is 35.8 Å². The molecule has 0 saturated carbocycles. The Hall–Kier alpha value is -3.35. The molecule has 1 aliphatic rings. The summed E-state index contributed by atoms with van der Waals surface area (Å²) in [7, 11) is 0. The van der Waals surface area contributed by atoms with Gasteiger partial charge in [0.25, 0.3) is 5.91 Å². The molecule has 1 aliphatic heterocycles. The van der Waals surface area contributed by atoms with Crippen molar-refractivity contribution in [1.29, 1.82) is 0 Å². The van der Waals surface area contributed by atoms with Crippen LogP contribution in [0.2, 0.25) is 0 Å². The van der Waals surface area contributed by atoms with Crippen molar-refractivity contribution in [1.82, 2.24) is 10.2 Å². The zero-order valence-corrected chi connectivity index (χ0v) is 15.5.